The summed E-state index contributed by atoms with van der Waals surface area (Å²) in [7, 11) is 0. The number of rotatable bonds is 1. The van der Waals surface area contributed by atoms with Gasteiger partial charge < -0.3 is 5.73 Å². The summed E-state index contributed by atoms with van der Waals surface area (Å²) in [6.07, 6.45) is 0. The molecule has 2 aromatic rings. The third-order valence-corrected chi connectivity index (χ3v) is 4.05. The maximum absolute atomic E-state index is 12.6. The maximum atomic E-state index is 12.6. The van der Waals surface area contributed by atoms with Crippen LogP contribution in [0.25, 0.3) is 0 Å². The van der Waals surface area contributed by atoms with Crippen molar-refractivity contribution in [2.24, 2.45) is 9.98 Å². The van der Waals surface area contributed by atoms with Crippen LogP contribution in [-0.2, 0) is 0 Å². The Labute approximate surface area is 138 Å². The molecule has 3 N–H and O–H groups in total. The predicted octanol–water partition coefficient (Wildman–Crippen LogP) is 1.47. The van der Waals surface area contributed by atoms with E-state index in [4.69, 9.17) is 5.73 Å². The number of aromatic nitrogens is 1. The molecule has 7 heteroatoms. The van der Waals surface area contributed by atoms with Crippen molar-refractivity contribution in [1.29, 1.82) is 0 Å². The third kappa shape index (κ3) is 2.30. The van der Waals surface area contributed by atoms with Crippen molar-refractivity contribution in [3.8, 4) is 0 Å². The number of aryl methyl sites for hydroxylation is 1. The van der Waals surface area contributed by atoms with Crippen molar-refractivity contribution in [2.45, 2.75) is 6.92 Å². The molecule has 2 aliphatic rings. The molecule has 120 valence electrons. The molecule has 1 amide bonds. The van der Waals surface area contributed by atoms with Crippen molar-refractivity contribution in [1.82, 2.24) is 15.2 Å². The summed E-state index contributed by atoms with van der Waals surface area (Å²) in [6.45, 7) is 3.13. The molecule has 1 aromatic carbocycles. The summed E-state index contributed by atoms with van der Waals surface area (Å²) >= 11 is 0. The van der Waals surface area contributed by atoms with Crippen LogP contribution in [0, 0.1) is 6.92 Å². The van der Waals surface area contributed by atoms with Crippen molar-refractivity contribution in [2.75, 3.05) is 18.8 Å². The molecule has 0 unspecified atom stereocenters. The van der Waals surface area contributed by atoms with Gasteiger partial charge in [-0.2, -0.15) is 0 Å². The minimum atomic E-state index is -0.260. The Kier molecular flexibility index (Phi) is 3.26. The number of amides is 1. The van der Waals surface area contributed by atoms with Gasteiger partial charge in [0.25, 0.3) is 5.91 Å². The Balaban J connectivity index is 1.68. The predicted molar refractivity (Wildman–Crippen MR) is 92.5 cm³/mol. The van der Waals surface area contributed by atoms with E-state index in [2.05, 4.69) is 20.3 Å². The van der Waals surface area contributed by atoms with Gasteiger partial charge in [0.1, 0.15) is 11.7 Å². The average molecular weight is 320 g/mol. The number of hydrogen-bond donors (Lipinski definition) is 2. The van der Waals surface area contributed by atoms with Crippen molar-refractivity contribution in [3.05, 3.63) is 53.2 Å². The van der Waals surface area contributed by atoms with Crippen LogP contribution in [0.3, 0.4) is 0 Å². The SMILES string of the molecule is Cc1nc(N)ccc1C(=O)NC1=Nc2ccccc2C2=NCCN12. The number of hydrogen-bond acceptors (Lipinski definition) is 6. The molecule has 1 aromatic heterocycles. The first kappa shape index (κ1) is 14.4. The van der Waals surface area contributed by atoms with E-state index in [1.54, 1.807) is 19.1 Å². The van der Waals surface area contributed by atoms with Gasteiger partial charge in [0.05, 0.1) is 23.5 Å². The summed E-state index contributed by atoms with van der Waals surface area (Å²) in [5.41, 5.74) is 8.49. The molecule has 0 bridgehead atoms. The number of nitrogens with zero attached hydrogens (tertiary/aromatic N) is 4. The first-order valence-corrected chi connectivity index (χ1v) is 7.68. The highest BCUT2D eigenvalue weighted by Crippen LogP contribution is 2.27. The van der Waals surface area contributed by atoms with Gasteiger partial charge in [0, 0.05) is 12.1 Å². The Morgan fingerprint density at radius 2 is 2.08 bits per heavy atom. The fraction of sp³-hybridized carbons (Fsp3) is 0.176. The lowest BCUT2D eigenvalue weighted by Gasteiger charge is -2.27. The number of carbonyl (C=O) groups excluding carboxylic acids is 1. The number of nitrogens with two attached hydrogens (primary N) is 1. The molecular weight excluding hydrogens is 304 g/mol. The molecule has 7 nitrogen and oxygen atoms in total. The first-order valence-electron chi connectivity index (χ1n) is 7.68. The van der Waals surface area contributed by atoms with Crippen LogP contribution in [0.4, 0.5) is 11.5 Å². The van der Waals surface area contributed by atoms with Gasteiger partial charge in [-0.15, -0.1) is 0 Å². The number of anilines is 1. The van der Waals surface area contributed by atoms with Crippen LogP contribution >= 0.6 is 0 Å². The highest BCUT2D eigenvalue weighted by molar-refractivity contribution is 6.19. The summed E-state index contributed by atoms with van der Waals surface area (Å²) in [4.78, 5) is 27.8. The van der Waals surface area contributed by atoms with Gasteiger partial charge >= 0.3 is 0 Å². The van der Waals surface area contributed by atoms with Gasteiger partial charge in [-0.3, -0.25) is 20.0 Å². The van der Waals surface area contributed by atoms with Gasteiger partial charge in [-0.1, -0.05) is 12.1 Å². The molecule has 0 atom stereocenters. The van der Waals surface area contributed by atoms with Crippen molar-refractivity contribution in [3.63, 3.8) is 0 Å². The second-order valence-electron chi connectivity index (χ2n) is 5.63. The Hall–Kier alpha value is -3.22. The maximum Gasteiger partial charge on any atom is 0.259 e. The third-order valence-electron chi connectivity index (χ3n) is 4.05. The van der Waals surface area contributed by atoms with Crippen LogP contribution in [0.15, 0.2) is 46.4 Å². The molecule has 24 heavy (non-hydrogen) atoms. The number of carbonyl (C=O) groups is 1. The average Bonchev–Trinajstić information content (AvgIpc) is 3.05. The number of benzene rings is 1. The number of nitrogen functional groups attached to an aromatic ring is 1. The minimum absolute atomic E-state index is 0.260. The van der Waals surface area contributed by atoms with Crippen LogP contribution < -0.4 is 11.1 Å². The monoisotopic (exact) mass is 320 g/mol. The second kappa shape index (κ2) is 5.45. The van der Waals surface area contributed by atoms with Gasteiger partial charge in [0.2, 0.25) is 5.96 Å². The Bertz CT molecular complexity index is 902. The molecule has 0 radical (unpaired) electrons. The zero-order valence-corrected chi connectivity index (χ0v) is 13.2. The lowest BCUT2D eigenvalue weighted by molar-refractivity contribution is 0.0973. The number of para-hydroxylation sites is 1. The second-order valence-corrected chi connectivity index (χ2v) is 5.63. The zero-order valence-electron chi connectivity index (χ0n) is 13.2. The highest BCUT2D eigenvalue weighted by Gasteiger charge is 2.30. The van der Waals surface area contributed by atoms with E-state index in [-0.39, 0.29) is 5.91 Å². The molecule has 3 heterocycles. The fourth-order valence-corrected chi connectivity index (χ4v) is 2.90. The van der Waals surface area contributed by atoms with Gasteiger partial charge in [-0.05, 0) is 31.2 Å². The van der Waals surface area contributed by atoms with E-state index in [0.717, 1.165) is 17.1 Å². The number of nitrogens with one attached hydrogen (secondary N) is 1. The molecule has 0 aliphatic carbocycles. The number of guanidine groups is 1. The van der Waals surface area contributed by atoms with E-state index >= 15 is 0 Å². The van der Waals surface area contributed by atoms with E-state index in [1.165, 1.54) is 0 Å². The van der Waals surface area contributed by atoms with E-state index in [9.17, 15) is 4.79 Å². The molecule has 2 aliphatic heterocycles. The molecular formula is C17H16N6O. The quantitative estimate of drug-likeness (QED) is 0.831. The van der Waals surface area contributed by atoms with Crippen LogP contribution in [0.2, 0.25) is 0 Å². The minimum Gasteiger partial charge on any atom is -0.384 e. The summed E-state index contributed by atoms with van der Waals surface area (Å²) in [5, 5.41) is 2.88. The summed E-state index contributed by atoms with van der Waals surface area (Å²) < 4.78 is 0. The molecule has 0 fully saturated rings. The fourth-order valence-electron chi connectivity index (χ4n) is 2.90. The van der Waals surface area contributed by atoms with Crippen molar-refractivity contribution >= 4 is 29.2 Å². The summed E-state index contributed by atoms with van der Waals surface area (Å²) in [6, 6.07) is 11.1. The molecule has 0 saturated carbocycles. The van der Waals surface area contributed by atoms with Gasteiger partial charge in [0.15, 0.2) is 0 Å². The Morgan fingerprint density at radius 3 is 2.92 bits per heavy atom. The largest absolute Gasteiger partial charge is 0.384 e. The normalized spacial score (nSPS) is 15.3. The van der Waals surface area contributed by atoms with Crippen LogP contribution in [0.5, 0.6) is 0 Å². The topological polar surface area (TPSA) is 96.0 Å². The molecule has 0 saturated heterocycles. The summed E-state index contributed by atoms with van der Waals surface area (Å²) in [5.74, 6) is 1.47. The number of amidine groups is 1. The molecule has 4 rings (SSSR count). The number of pyridine rings is 1. The van der Waals surface area contributed by atoms with Crippen LogP contribution in [0.1, 0.15) is 21.6 Å². The van der Waals surface area contributed by atoms with E-state index in [1.807, 2.05) is 29.2 Å². The lowest BCUT2D eigenvalue weighted by Crippen LogP contribution is -2.47. The zero-order chi connectivity index (χ0) is 16.7. The Morgan fingerprint density at radius 1 is 1.25 bits per heavy atom. The number of fused-ring (bicyclic) bond motifs is 3. The number of aliphatic imine (C=N–C) groups is 2. The highest BCUT2D eigenvalue weighted by atomic mass is 16.1. The smallest absolute Gasteiger partial charge is 0.259 e. The van der Waals surface area contributed by atoms with Crippen LogP contribution in [-0.4, -0.2) is 40.7 Å². The lowest BCUT2D eigenvalue weighted by atomic mass is 10.1. The molecule has 0 spiro atoms. The van der Waals surface area contributed by atoms with Gasteiger partial charge in [-0.25, -0.2) is 9.98 Å². The van der Waals surface area contributed by atoms with Crippen molar-refractivity contribution < 1.29 is 4.79 Å². The first-order chi connectivity index (χ1) is 11.6. The van der Waals surface area contributed by atoms with E-state index in [0.29, 0.717) is 36.1 Å². The van der Waals surface area contributed by atoms with E-state index < -0.39 is 0 Å². The standard InChI is InChI=1S/C17H16N6O/c1-10-11(6-7-14(18)20-10)16(24)22-17-21-13-5-3-2-4-12(13)15-19-8-9-23(15)17/h2-7H,8-9H2,1H3,(H2,18,20)(H,21,22,24).